The summed E-state index contributed by atoms with van der Waals surface area (Å²) in [4.78, 5) is 4.38. The lowest BCUT2D eigenvalue weighted by molar-refractivity contribution is 0.415. The van der Waals surface area contributed by atoms with Gasteiger partial charge in [-0.05, 0) is 36.4 Å². The first-order valence-electron chi connectivity index (χ1n) is 6.41. The highest BCUT2D eigenvalue weighted by molar-refractivity contribution is 7.99. The number of aromatic nitrogens is 1. The van der Waals surface area contributed by atoms with Gasteiger partial charge in [-0.2, -0.15) is 5.10 Å². The van der Waals surface area contributed by atoms with Crippen molar-refractivity contribution < 1.29 is 4.74 Å². The number of rotatable bonds is 3. The largest absolute Gasteiger partial charge is 0.497 e. The van der Waals surface area contributed by atoms with Gasteiger partial charge in [0.15, 0.2) is 0 Å². The molecule has 0 fully saturated rings. The Morgan fingerprint density at radius 3 is 2.90 bits per heavy atom. The zero-order valence-corrected chi connectivity index (χ0v) is 12.0. The Morgan fingerprint density at radius 1 is 1.25 bits per heavy atom. The maximum absolute atomic E-state index is 5.14. The van der Waals surface area contributed by atoms with Gasteiger partial charge in [-0.3, -0.25) is 5.43 Å². The van der Waals surface area contributed by atoms with E-state index < -0.39 is 0 Å². The molecule has 20 heavy (non-hydrogen) atoms. The van der Waals surface area contributed by atoms with Crippen LogP contribution in [0.4, 0.5) is 5.69 Å². The third-order valence-corrected chi connectivity index (χ3v) is 4.08. The Morgan fingerprint density at radius 2 is 2.10 bits per heavy atom. The van der Waals surface area contributed by atoms with Gasteiger partial charge in [-0.25, -0.2) is 4.98 Å². The molecule has 0 unspecified atom stereocenters. The van der Waals surface area contributed by atoms with Crippen molar-refractivity contribution in [2.75, 3.05) is 18.3 Å². The highest BCUT2D eigenvalue weighted by Crippen LogP contribution is 2.28. The van der Waals surface area contributed by atoms with Crippen molar-refractivity contribution in [2.45, 2.75) is 11.4 Å². The molecule has 1 aliphatic heterocycles. The van der Waals surface area contributed by atoms with Crippen molar-refractivity contribution >= 4 is 23.2 Å². The molecule has 1 aromatic carbocycles. The van der Waals surface area contributed by atoms with Crippen molar-refractivity contribution in [3.8, 4) is 5.75 Å². The molecule has 0 atom stereocenters. The van der Waals surface area contributed by atoms with E-state index in [1.54, 1.807) is 18.9 Å². The number of ether oxygens (including phenoxy) is 1. The fourth-order valence-corrected chi connectivity index (χ4v) is 2.98. The highest BCUT2D eigenvalue weighted by Gasteiger charge is 2.16. The number of methoxy groups -OCH3 is 1. The lowest BCUT2D eigenvalue weighted by Crippen LogP contribution is -2.12. The van der Waals surface area contributed by atoms with Crippen LogP contribution in [0.1, 0.15) is 12.0 Å². The van der Waals surface area contributed by atoms with E-state index in [4.69, 9.17) is 4.74 Å². The molecule has 1 aliphatic rings. The van der Waals surface area contributed by atoms with Crippen molar-refractivity contribution in [2.24, 2.45) is 5.10 Å². The number of hydrogen-bond donors (Lipinski definition) is 1. The fourth-order valence-electron chi connectivity index (χ4n) is 2.02. The first-order valence-corrected chi connectivity index (χ1v) is 7.40. The number of nitrogens with one attached hydrogen (secondary N) is 1. The lowest BCUT2D eigenvalue weighted by Gasteiger charge is -2.16. The van der Waals surface area contributed by atoms with Gasteiger partial charge in [0, 0.05) is 23.9 Å². The molecule has 0 amide bonds. The van der Waals surface area contributed by atoms with Crippen molar-refractivity contribution in [1.82, 2.24) is 4.98 Å². The van der Waals surface area contributed by atoms with Crippen LogP contribution in [0.3, 0.4) is 0 Å². The second-order valence-corrected chi connectivity index (χ2v) is 5.44. The van der Waals surface area contributed by atoms with Crippen LogP contribution in [0.15, 0.2) is 52.7 Å². The number of hydrazone groups is 1. The summed E-state index contributed by atoms with van der Waals surface area (Å²) in [5.74, 6) is 1.86. The van der Waals surface area contributed by atoms with E-state index in [0.717, 1.165) is 39.9 Å². The molecule has 1 aromatic heterocycles. The first-order chi connectivity index (χ1) is 9.86. The maximum Gasteiger partial charge on any atom is 0.119 e. The molecule has 2 aromatic rings. The van der Waals surface area contributed by atoms with Crippen molar-refractivity contribution in [1.29, 1.82) is 0 Å². The number of nitrogens with zero attached hydrogens (tertiary/aromatic N) is 2. The second kappa shape index (κ2) is 5.96. The Balaban J connectivity index is 1.79. The fraction of sp³-hybridized carbons (Fsp3) is 0.200. The summed E-state index contributed by atoms with van der Waals surface area (Å²) in [5, 5.41) is 5.59. The summed E-state index contributed by atoms with van der Waals surface area (Å²) < 4.78 is 5.14. The van der Waals surface area contributed by atoms with E-state index in [1.165, 1.54) is 0 Å². The minimum atomic E-state index is 0.840. The molecule has 0 saturated carbocycles. The molecule has 2 heterocycles. The quantitative estimate of drug-likeness (QED) is 0.878. The zero-order valence-electron chi connectivity index (χ0n) is 11.2. The molecule has 4 nitrogen and oxygen atoms in total. The normalized spacial score (nSPS) is 15.8. The molecule has 5 heteroatoms. The van der Waals surface area contributed by atoms with E-state index in [-0.39, 0.29) is 0 Å². The molecule has 3 rings (SSSR count). The van der Waals surface area contributed by atoms with Gasteiger partial charge in [0.2, 0.25) is 0 Å². The molecule has 1 N–H and O–H groups in total. The van der Waals surface area contributed by atoms with Gasteiger partial charge in [-0.1, -0.05) is 0 Å². The van der Waals surface area contributed by atoms with Crippen LogP contribution in [0.2, 0.25) is 0 Å². The predicted molar refractivity (Wildman–Crippen MR) is 82.7 cm³/mol. The summed E-state index contributed by atoms with van der Waals surface area (Å²) in [6.07, 6.45) is 2.78. The summed E-state index contributed by atoms with van der Waals surface area (Å²) in [7, 11) is 1.66. The monoisotopic (exact) mass is 285 g/mol. The predicted octanol–water partition coefficient (Wildman–Crippen LogP) is 3.40. The van der Waals surface area contributed by atoms with E-state index in [9.17, 15) is 0 Å². The summed E-state index contributed by atoms with van der Waals surface area (Å²) in [5.41, 5.74) is 6.24. The smallest absolute Gasteiger partial charge is 0.119 e. The molecular weight excluding hydrogens is 270 g/mol. The number of hydrogen-bond acceptors (Lipinski definition) is 5. The highest BCUT2D eigenvalue weighted by atomic mass is 32.2. The number of pyridine rings is 1. The minimum absolute atomic E-state index is 0.840. The molecule has 0 radical (unpaired) electrons. The Kier molecular flexibility index (Phi) is 3.87. The van der Waals surface area contributed by atoms with Crippen molar-refractivity contribution in [3.63, 3.8) is 0 Å². The van der Waals surface area contributed by atoms with Crippen LogP contribution >= 0.6 is 11.8 Å². The molecule has 0 saturated heterocycles. The van der Waals surface area contributed by atoms with Crippen LogP contribution in [-0.4, -0.2) is 23.6 Å². The van der Waals surface area contributed by atoms with Gasteiger partial charge in [0.1, 0.15) is 10.8 Å². The zero-order chi connectivity index (χ0) is 13.8. The number of benzene rings is 1. The Hall–Kier alpha value is -2.01. The molecule has 0 bridgehead atoms. The Bertz CT molecular complexity index is 625. The van der Waals surface area contributed by atoms with Crippen LogP contribution < -0.4 is 10.2 Å². The Labute approximate surface area is 122 Å². The van der Waals surface area contributed by atoms with Gasteiger partial charge >= 0.3 is 0 Å². The average molecular weight is 285 g/mol. The molecule has 102 valence electrons. The number of fused-ring (bicyclic) bond motifs is 1. The average Bonchev–Trinajstić information content (AvgIpc) is 2.53. The van der Waals surface area contributed by atoms with Gasteiger partial charge in [0.05, 0.1) is 18.5 Å². The van der Waals surface area contributed by atoms with Gasteiger partial charge < -0.3 is 4.74 Å². The number of thioether (sulfide) groups is 1. The third-order valence-electron chi connectivity index (χ3n) is 3.07. The topological polar surface area (TPSA) is 46.5 Å². The first kappa shape index (κ1) is 13.0. The third kappa shape index (κ3) is 2.77. The maximum atomic E-state index is 5.14. The van der Waals surface area contributed by atoms with Crippen LogP contribution in [0.25, 0.3) is 0 Å². The second-order valence-electron chi connectivity index (χ2n) is 4.35. The van der Waals surface area contributed by atoms with Gasteiger partial charge in [-0.15, -0.1) is 11.8 Å². The lowest BCUT2D eigenvalue weighted by atomic mass is 10.1. The van der Waals surface area contributed by atoms with E-state index >= 15 is 0 Å². The minimum Gasteiger partial charge on any atom is -0.497 e. The standard InChI is InChI=1S/C15H15N3OS/c1-19-12-6-4-11(5-7-12)17-18-14-8-10-20-15-13(14)3-2-9-16-15/h2-7,9,17H,8,10H2,1H3/b18-14-. The number of anilines is 1. The van der Waals surface area contributed by atoms with E-state index in [2.05, 4.69) is 21.6 Å². The molecule has 0 aliphatic carbocycles. The van der Waals surface area contributed by atoms with E-state index in [0.29, 0.717) is 0 Å². The van der Waals surface area contributed by atoms with Gasteiger partial charge in [0.25, 0.3) is 0 Å². The van der Waals surface area contributed by atoms with Crippen LogP contribution in [0, 0.1) is 0 Å². The molecular formula is C15H15N3OS. The van der Waals surface area contributed by atoms with Crippen LogP contribution in [-0.2, 0) is 0 Å². The van der Waals surface area contributed by atoms with E-state index in [1.807, 2.05) is 36.5 Å². The SMILES string of the molecule is COc1ccc(N/N=C2/CCSc3ncccc32)cc1. The summed E-state index contributed by atoms with van der Waals surface area (Å²) in [6.45, 7) is 0. The summed E-state index contributed by atoms with van der Waals surface area (Å²) in [6, 6.07) is 11.7. The van der Waals surface area contributed by atoms with Crippen molar-refractivity contribution in [3.05, 3.63) is 48.2 Å². The summed E-state index contributed by atoms with van der Waals surface area (Å²) >= 11 is 1.78. The molecule has 0 spiro atoms. The van der Waals surface area contributed by atoms with Crippen LogP contribution in [0.5, 0.6) is 5.75 Å².